The minimum absolute atomic E-state index is 0.360. The Hall–Kier alpha value is -2.89. The van der Waals surface area contributed by atoms with Gasteiger partial charge in [-0.15, -0.1) is 10.2 Å². The van der Waals surface area contributed by atoms with Gasteiger partial charge in [0.25, 0.3) is 5.82 Å². The first-order valence-electron chi connectivity index (χ1n) is 6.93. The Morgan fingerprint density at radius 2 is 2.04 bits per heavy atom. The Bertz CT molecular complexity index is 1040. The van der Waals surface area contributed by atoms with Crippen LogP contribution in [0, 0.1) is 20.1 Å². The van der Waals surface area contributed by atoms with Crippen LogP contribution in [-0.2, 0) is 7.05 Å². The molecular formula is C14H11N9S2. The number of rotatable bonds is 4. The third-order valence-corrected chi connectivity index (χ3v) is 4.66. The van der Waals surface area contributed by atoms with Crippen molar-refractivity contribution in [1.82, 2.24) is 23.9 Å². The van der Waals surface area contributed by atoms with Crippen molar-refractivity contribution in [2.24, 2.45) is 17.3 Å². The molecule has 3 heterocycles. The summed E-state index contributed by atoms with van der Waals surface area (Å²) in [5, 5.41) is 10.5. The van der Waals surface area contributed by atoms with Crippen LogP contribution in [0.4, 0.5) is 10.8 Å². The van der Waals surface area contributed by atoms with Gasteiger partial charge in [0, 0.05) is 13.2 Å². The predicted molar refractivity (Wildman–Crippen MR) is 95.1 cm³/mol. The number of imidazole rings is 1. The van der Waals surface area contributed by atoms with Gasteiger partial charge in [-0.1, -0.05) is 11.8 Å². The Morgan fingerprint density at radius 1 is 1.28 bits per heavy atom. The van der Waals surface area contributed by atoms with E-state index in [1.165, 1.54) is 23.3 Å². The summed E-state index contributed by atoms with van der Waals surface area (Å²) in [6, 6.07) is 0. The Labute approximate surface area is 151 Å². The smallest absolute Gasteiger partial charge is 0.301 e. The Kier molecular flexibility index (Phi) is 4.70. The molecule has 0 radical (unpaired) electrons. The highest BCUT2D eigenvalue weighted by Crippen LogP contribution is 2.32. The maximum Gasteiger partial charge on any atom is 0.535 e. The van der Waals surface area contributed by atoms with E-state index in [2.05, 4.69) is 39.2 Å². The molecule has 0 bridgehead atoms. The summed E-state index contributed by atoms with van der Waals surface area (Å²) in [5.41, 5.74) is 1.19. The Balaban J connectivity index is 1.98. The van der Waals surface area contributed by atoms with Gasteiger partial charge < -0.3 is 4.57 Å². The fourth-order valence-electron chi connectivity index (χ4n) is 2.14. The van der Waals surface area contributed by atoms with Gasteiger partial charge in [-0.2, -0.15) is 4.37 Å². The molecule has 25 heavy (non-hydrogen) atoms. The lowest BCUT2D eigenvalue weighted by atomic mass is 10.4. The van der Waals surface area contributed by atoms with E-state index < -0.39 is 6.17 Å². The maximum absolute atomic E-state index is 7.09. The predicted octanol–water partition coefficient (Wildman–Crippen LogP) is 4.10. The first kappa shape index (κ1) is 17.0. The number of azo groups is 1. The summed E-state index contributed by atoms with van der Waals surface area (Å²) < 4.78 is 5.88. The summed E-state index contributed by atoms with van der Waals surface area (Å²) in [5.74, 6) is 0.856. The van der Waals surface area contributed by atoms with Crippen molar-refractivity contribution in [1.29, 1.82) is 0 Å². The molecule has 11 heteroatoms. The van der Waals surface area contributed by atoms with Crippen LogP contribution in [0.1, 0.15) is 17.7 Å². The van der Waals surface area contributed by atoms with Gasteiger partial charge in [0.1, 0.15) is 0 Å². The second-order valence-corrected chi connectivity index (χ2v) is 6.38. The summed E-state index contributed by atoms with van der Waals surface area (Å²) in [6.45, 7) is 16.0. The van der Waals surface area contributed by atoms with Crippen LogP contribution in [0.2, 0.25) is 0 Å². The average molecular weight is 369 g/mol. The molecule has 0 saturated heterocycles. The van der Waals surface area contributed by atoms with Crippen LogP contribution < -0.4 is 0 Å². The number of hydrogen-bond acceptors (Lipinski definition) is 8. The van der Waals surface area contributed by atoms with E-state index in [1.807, 2.05) is 6.26 Å². The lowest BCUT2D eigenvalue weighted by Crippen LogP contribution is -1.99. The van der Waals surface area contributed by atoms with Crippen LogP contribution in [0.5, 0.6) is 0 Å². The summed E-state index contributed by atoms with van der Waals surface area (Å²) in [7, 11) is 1.71. The van der Waals surface area contributed by atoms with Crippen molar-refractivity contribution in [3.8, 4) is 0 Å². The summed E-state index contributed by atoms with van der Waals surface area (Å²) >= 11 is 2.63. The highest BCUT2D eigenvalue weighted by atomic mass is 32.2. The van der Waals surface area contributed by atoms with Gasteiger partial charge in [-0.3, -0.25) is 0 Å². The summed E-state index contributed by atoms with van der Waals surface area (Å²) in [6.07, 6.45) is 2.60. The zero-order chi connectivity index (χ0) is 18.0. The van der Waals surface area contributed by atoms with Gasteiger partial charge in [0.05, 0.1) is 11.1 Å². The van der Waals surface area contributed by atoms with Crippen LogP contribution in [0.25, 0.3) is 20.7 Å². The molecule has 9 nitrogen and oxygen atoms in total. The van der Waals surface area contributed by atoms with Crippen LogP contribution >= 0.6 is 23.3 Å². The van der Waals surface area contributed by atoms with Crippen molar-refractivity contribution in [3.63, 3.8) is 0 Å². The van der Waals surface area contributed by atoms with E-state index in [-0.39, 0.29) is 0 Å². The van der Waals surface area contributed by atoms with E-state index in [1.54, 1.807) is 24.7 Å². The van der Waals surface area contributed by atoms with Crippen LogP contribution in [0.15, 0.2) is 21.6 Å². The minimum Gasteiger partial charge on any atom is -0.301 e. The molecule has 0 spiro atoms. The largest absolute Gasteiger partial charge is 0.535 e. The van der Waals surface area contributed by atoms with Crippen molar-refractivity contribution in [2.45, 2.75) is 18.2 Å². The molecule has 0 N–H and O–H groups in total. The number of fused-ring (bicyclic) bond motifs is 1. The molecule has 0 aliphatic heterocycles. The van der Waals surface area contributed by atoms with Crippen molar-refractivity contribution in [3.05, 3.63) is 40.5 Å². The standard InChI is InChI=1S/C14H11N9S2/c1-7-11(23(4)12(18-7)10(15-2)16-3)20-21-13-8-6-17-14(24-5)19-9(8)22-25-13/h6,10H,1,4-5H3. The van der Waals surface area contributed by atoms with Gasteiger partial charge in [0.15, 0.2) is 21.6 Å². The monoisotopic (exact) mass is 369 g/mol. The molecule has 0 aromatic carbocycles. The van der Waals surface area contributed by atoms with Gasteiger partial charge in [-0.05, 0) is 24.7 Å². The molecule has 3 aromatic rings. The van der Waals surface area contributed by atoms with Crippen molar-refractivity contribution in [2.75, 3.05) is 6.26 Å². The fourth-order valence-corrected chi connectivity index (χ4v) is 3.11. The van der Waals surface area contributed by atoms with Gasteiger partial charge in [0.2, 0.25) is 0 Å². The number of nitrogens with zero attached hydrogens (tertiary/aromatic N) is 9. The third-order valence-electron chi connectivity index (χ3n) is 3.36. The lowest BCUT2D eigenvalue weighted by Gasteiger charge is -1.97. The van der Waals surface area contributed by atoms with Crippen LogP contribution in [0.3, 0.4) is 0 Å². The number of hydrogen-bond donors (Lipinski definition) is 0. The molecule has 0 amide bonds. The molecule has 0 atom stereocenters. The van der Waals surface area contributed by atoms with E-state index >= 15 is 0 Å². The zero-order valence-electron chi connectivity index (χ0n) is 13.5. The zero-order valence-corrected chi connectivity index (χ0v) is 15.1. The SMILES string of the molecule is [C-]#[N+]C([N+]#[C-])c1nc(C)c(N=Nc2snc3nc(SC)ncc23)n1C. The average Bonchev–Trinajstić information content (AvgIpc) is 3.15. The number of aromatic nitrogens is 5. The van der Waals surface area contributed by atoms with E-state index in [0.29, 0.717) is 33.1 Å². The quantitative estimate of drug-likeness (QED) is 0.299. The normalized spacial score (nSPS) is 11.3. The van der Waals surface area contributed by atoms with E-state index in [0.717, 1.165) is 5.39 Å². The topological polar surface area (TPSA) is 89.9 Å². The highest BCUT2D eigenvalue weighted by molar-refractivity contribution is 7.98. The number of aryl methyl sites for hydroxylation is 1. The minimum atomic E-state index is -0.977. The fraction of sp³-hybridized carbons (Fsp3) is 0.286. The van der Waals surface area contributed by atoms with Crippen LogP contribution in [-0.4, -0.2) is 30.1 Å². The first-order valence-corrected chi connectivity index (χ1v) is 8.93. The maximum atomic E-state index is 7.09. The van der Waals surface area contributed by atoms with Crippen molar-refractivity contribution < 1.29 is 0 Å². The van der Waals surface area contributed by atoms with Gasteiger partial charge >= 0.3 is 6.17 Å². The molecule has 3 aromatic heterocycles. The molecule has 0 saturated carbocycles. The molecule has 0 unspecified atom stereocenters. The second-order valence-electron chi connectivity index (χ2n) is 4.85. The van der Waals surface area contributed by atoms with Gasteiger partial charge in [-0.25, -0.2) is 37.8 Å². The first-order chi connectivity index (χ1) is 12.1. The lowest BCUT2D eigenvalue weighted by molar-refractivity contribution is 0.783. The molecule has 124 valence electrons. The van der Waals surface area contributed by atoms with E-state index in [9.17, 15) is 0 Å². The van der Waals surface area contributed by atoms with Crippen molar-refractivity contribution >= 4 is 45.1 Å². The third kappa shape index (κ3) is 3.07. The number of thioether (sulfide) groups is 1. The van der Waals surface area contributed by atoms with E-state index in [4.69, 9.17) is 13.1 Å². The molecule has 0 aliphatic rings. The highest BCUT2D eigenvalue weighted by Gasteiger charge is 2.28. The molecular weight excluding hydrogens is 358 g/mol. The summed E-state index contributed by atoms with van der Waals surface area (Å²) in [4.78, 5) is 19.4. The molecule has 0 aliphatic carbocycles. The Morgan fingerprint density at radius 3 is 2.72 bits per heavy atom. The second kappa shape index (κ2) is 6.93. The molecule has 3 rings (SSSR count). The molecule has 0 fully saturated rings.